The first-order chi connectivity index (χ1) is 15.1. The van der Waals surface area contributed by atoms with E-state index >= 15 is 0 Å². The number of hydrogen-bond donors (Lipinski definition) is 1. The molecule has 0 unspecified atom stereocenters. The first-order valence-electron chi connectivity index (χ1n) is 9.66. The van der Waals surface area contributed by atoms with Crippen molar-refractivity contribution < 1.29 is 9.59 Å². The molecule has 2 amide bonds. The van der Waals surface area contributed by atoms with Crippen LogP contribution in [0.4, 0.5) is 5.69 Å². The number of amides is 2. The Labute approximate surface area is 188 Å². The molecule has 0 aliphatic carbocycles. The molecular weight excluding hydrogens is 428 g/mol. The summed E-state index contributed by atoms with van der Waals surface area (Å²) in [4.78, 5) is 29.3. The van der Waals surface area contributed by atoms with Crippen molar-refractivity contribution in [1.82, 2.24) is 14.9 Å². The number of para-hydroxylation sites is 1. The molecule has 8 heteroatoms. The maximum atomic E-state index is 13.5. The van der Waals surface area contributed by atoms with Crippen LogP contribution in [0.5, 0.6) is 0 Å². The summed E-state index contributed by atoms with van der Waals surface area (Å²) in [6.45, 7) is 2.32. The van der Waals surface area contributed by atoms with Crippen molar-refractivity contribution in [3.63, 3.8) is 0 Å². The summed E-state index contributed by atoms with van der Waals surface area (Å²) in [6.07, 6.45) is 0. The highest BCUT2D eigenvalue weighted by molar-refractivity contribution is 7.10. The van der Waals surface area contributed by atoms with E-state index in [1.165, 1.54) is 16.2 Å². The smallest absolute Gasteiger partial charge is 0.280 e. The van der Waals surface area contributed by atoms with Gasteiger partial charge in [-0.05, 0) is 53.2 Å². The number of carbonyl (C=O) groups excluding carboxylic acids is 2. The zero-order valence-electron chi connectivity index (χ0n) is 16.8. The van der Waals surface area contributed by atoms with Crippen molar-refractivity contribution in [3.05, 3.63) is 99.2 Å². The van der Waals surface area contributed by atoms with Gasteiger partial charge in [-0.3, -0.25) is 14.5 Å². The van der Waals surface area contributed by atoms with Gasteiger partial charge in [0.1, 0.15) is 0 Å². The third kappa shape index (κ3) is 4.70. The van der Waals surface area contributed by atoms with Gasteiger partial charge in [0.25, 0.3) is 5.91 Å². The van der Waals surface area contributed by atoms with E-state index in [9.17, 15) is 9.59 Å². The summed E-state index contributed by atoms with van der Waals surface area (Å²) >= 11 is 2.56. The van der Waals surface area contributed by atoms with Crippen LogP contribution in [0.3, 0.4) is 0 Å². The molecule has 0 radical (unpaired) electrons. The third-order valence-electron chi connectivity index (χ3n) is 4.80. The Morgan fingerprint density at radius 1 is 1.03 bits per heavy atom. The molecule has 0 aliphatic rings. The predicted octanol–water partition coefficient (Wildman–Crippen LogP) is 4.61. The van der Waals surface area contributed by atoms with Gasteiger partial charge >= 0.3 is 0 Å². The first-order valence-corrected chi connectivity index (χ1v) is 11.4. The summed E-state index contributed by atoms with van der Waals surface area (Å²) < 4.78 is 3.83. The number of thiophene rings is 1. The molecular formula is C23H20N4O2S2. The molecule has 2 heterocycles. The highest BCUT2D eigenvalue weighted by Gasteiger charge is 2.35. The van der Waals surface area contributed by atoms with Gasteiger partial charge in [-0.15, -0.1) is 16.4 Å². The molecule has 0 spiro atoms. The van der Waals surface area contributed by atoms with Gasteiger partial charge in [0.15, 0.2) is 11.7 Å². The van der Waals surface area contributed by atoms with E-state index in [-0.39, 0.29) is 17.5 Å². The number of anilines is 1. The van der Waals surface area contributed by atoms with E-state index in [1.807, 2.05) is 79.0 Å². The van der Waals surface area contributed by atoms with Crippen molar-refractivity contribution in [2.24, 2.45) is 0 Å². The molecule has 0 saturated carbocycles. The minimum atomic E-state index is -0.833. The zero-order chi connectivity index (χ0) is 21.6. The number of benzene rings is 2. The van der Waals surface area contributed by atoms with Gasteiger partial charge in [0.2, 0.25) is 5.91 Å². The molecule has 156 valence electrons. The molecule has 1 atom stereocenters. The van der Waals surface area contributed by atoms with E-state index in [0.717, 1.165) is 27.5 Å². The molecule has 0 fully saturated rings. The van der Waals surface area contributed by atoms with Crippen LogP contribution in [0.25, 0.3) is 0 Å². The Balaban J connectivity index is 1.74. The highest BCUT2D eigenvalue weighted by Crippen LogP contribution is 2.34. The highest BCUT2D eigenvalue weighted by atomic mass is 32.1. The second kappa shape index (κ2) is 9.63. The zero-order valence-corrected chi connectivity index (χ0v) is 18.4. The van der Waals surface area contributed by atoms with Crippen LogP contribution in [-0.4, -0.2) is 21.4 Å². The number of nitrogens with zero attached hydrogens (tertiary/aromatic N) is 3. The van der Waals surface area contributed by atoms with Crippen LogP contribution in [0.1, 0.15) is 32.5 Å². The Hall–Kier alpha value is -3.36. The summed E-state index contributed by atoms with van der Waals surface area (Å²) in [6, 6.07) is 20.0. The van der Waals surface area contributed by atoms with Crippen LogP contribution >= 0.6 is 22.9 Å². The third-order valence-corrected chi connectivity index (χ3v) is 6.37. The average Bonchev–Trinajstić information content (AvgIpc) is 3.49. The van der Waals surface area contributed by atoms with Crippen LogP contribution in [0.15, 0.2) is 77.5 Å². The summed E-state index contributed by atoms with van der Waals surface area (Å²) in [5.74, 6) is -0.623. The molecule has 31 heavy (non-hydrogen) atoms. The van der Waals surface area contributed by atoms with Gasteiger partial charge in [0.05, 0.1) is 0 Å². The topological polar surface area (TPSA) is 75.2 Å². The second-order valence-electron chi connectivity index (χ2n) is 6.87. The summed E-state index contributed by atoms with van der Waals surface area (Å²) in [5, 5.41) is 10.5. The van der Waals surface area contributed by atoms with E-state index in [2.05, 4.69) is 14.9 Å². The maximum absolute atomic E-state index is 13.5. The standard InChI is InChI=1S/C23H20N4O2S2/c1-16-12-13-30-21(16)20(22(28)24-14-17-8-4-2-5-9-17)27(18-10-6-3-7-11-18)23(29)19-15-31-26-25-19/h2-13,15,20H,14H2,1H3,(H,24,28)/t20-/m1/s1. The fraction of sp³-hybridized carbons (Fsp3) is 0.130. The number of carbonyl (C=O) groups is 2. The summed E-state index contributed by atoms with van der Waals surface area (Å²) in [5.41, 5.74) is 2.77. The molecule has 0 aliphatic heterocycles. The van der Waals surface area contributed by atoms with E-state index in [0.29, 0.717) is 12.2 Å². The van der Waals surface area contributed by atoms with Crippen LogP contribution in [0, 0.1) is 6.92 Å². The van der Waals surface area contributed by atoms with E-state index < -0.39 is 6.04 Å². The normalized spacial score (nSPS) is 11.6. The molecule has 4 rings (SSSR count). The first kappa shape index (κ1) is 20.9. The minimum absolute atomic E-state index is 0.212. The number of aromatic nitrogens is 2. The van der Waals surface area contributed by atoms with Crippen molar-refractivity contribution in [2.75, 3.05) is 4.90 Å². The van der Waals surface area contributed by atoms with Crippen LogP contribution < -0.4 is 10.2 Å². The van der Waals surface area contributed by atoms with Crippen LogP contribution in [0.2, 0.25) is 0 Å². The van der Waals surface area contributed by atoms with Crippen molar-refractivity contribution in [3.8, 4) is 0 Å². The Bertz CT molecular complexity index is 1140. The lowest BCUT2D eigenvalue weighted by Crippen LogP contribution is -2.44. The number of rotatable bonds is 7. The number of nitrogens with one attached hydrogen (secondary N) is 1. The van der Waals surface area contributed by atoms with Gasteiger partial charge in [-0.1, -0.05) is 53.0 Å². The van der Waals surface area contributed by atoms with Crippen molar-refractivity contribution in [1.29, 1.82) is 0 Å². The van der Waals surface area contributed by atoms with E-state index in [4.69, 9.17) is 0 Å². The SMILES string of the molecule is Cc1ccsc1[C@H](C(=O)NCc1ccccc1)N(C(=O)c1csnn1)c1ccccc1. The van der Waals surface area contributed by atoms with Gasteiger partial charge in [-0.25, -0.2) is 0 Å². The molecule has 2 aromatic heterocycles. The monoisotopic (exact) mass is 448 g/mol. The second-order valence-corrected chi connectivity index (χ2v) is 8.43. The van der Waals surface area contributed by atoms with Crippen molar-refractivity contribution >= 4 is 40.4 Å². The molecule has 0 saturated heterocycles. The Morgan fingerprint density at radius 2 is 1.74 bits per heavy atom. The van der Waals surface area contributed by atoms with E-state index in [1.54, 1.807) is 5.38 Å². The van der Waals surface area contributed by atoms with Crippen molar-refractivity contribution in [2.45, 2.75) is 19.5 Å². The Morgan fingerprint density at radius 3 is 2.35 bits per heavy atom. The largest absolute Gasteiger partial charge is 0.350 e. The minimum Gasteiger partial charge on any atom is -0.350 e. The molecule has 4 aromatic rings. The molecule has 0 bridgehead atoms. The maximum Gasteiger partial charge on any atom is 0.280 e. The molecule has 1 N–H and O–H groups in total. The Kier molecular flexibility index (Phi) is 6.49. The van der Waals surface area contributed by atoms with Gasteiger partial charge in [-0.2, -0.15) is 0 Å². The van der Waals surface area contributed by atoms with Gasteiger partial charge in [0, 0.05) is 22.5 Å². The lowest BCUT2D eigenvalue weighted by Gasteiger charge is -2.30. The fourth-order valence-electron chi connectivity index (χ4n) is 3.25. The fourth-order valence-corrected chi connectivity index (χ4v) is 4.70. The lowest BCUT2D eigenvalue weighted by molar-refractivity contribution is -0.122. The quantitative estimate of drug-likeness (QED) is 0.448. The average molecular weight is 449 g/mol. The van der Waals surface area contributed by atoms with Gasteiger partial charge < -0.3 is 5.32 Å². The number of hydrogen-bond acceptors (Lipinski definition) is 6. The summed E-state index contributed by atoms with van der Waals surface area (Å²) in [7, 11) is 0. The number of aryl methyl sites for hydroxylation is 1. The predicted molar refractivity (Wildman–Crippen MR) is 123 cm³/mol. The molecule has 6 nitrogen and oxygen atoms in total. The lowest BCUT2D eigenvalue weighted by atomic mass is 10.1. The molecule has 2 aromatic carbocycles. The van der Waals surface area contributed by atoms with Crippen LogP contribution in [-0.2, 0) is 11.3 Å².